The molecule has 0 spiro atoms. The van der Waals surface area contributed by atoms with E-state index in [2.05, 4.69) is 9.47 Å². The van der Waals surface area contributed by atoms with Crippen molar-refractivity contribution in [1.29, 1.82) is 0 Å². The SMILES string of the molecule is CC.CC.COC.COC(=O)CC1CN(C(=O)OC(C)(C)C)C1.S. The van der Waals surface area contributed by atoms with Crippen LogP contribution in [0.1, 0.15) is 54.9 Å². The van der Waals surface area contributed by atoms with Crippen molar-refractivity contribution < 1.29 is 23.8 Å². The zero-order chi connectivity index (χ0) is 19.1. The highest BCUT2D eigenvalue weighted by molar-refractivity contribution is 7.59. The first kappa shape index (κ1) is 30.9. The van der Waals surface area contributed by atoms with Crippen molar-refractivity contribution in [3.63, 3.8) is 0 Å². The number of ether oxygens (including phenoxy) is 3. The summed E-state index contributed by atoms with van der Waals surface area (Å²) in [6.45, 7) is 14.6. The molecule has 6 nitrogen and oxygen atoms in total. The van der Waals surface area contributed by atoms with E-state index in [-0.39, 0.29) is 31.5 Å². The summed E-state index contributed by atoms with van der Waals surface area (Å²) >= 11 is 0. The molecule has 0 radical (unpaired) electrons. The second-order valence-corrected chi connectivity index (χ2v) is 5.44. The van der Waals surface area contributed by atoms with Gasteiger partial charge in [-0.2, -0.15) is 13.5 Å². The number of carbonyl (C=O) groups excluding carboxylic acids is 2. The Morgan fingerprint density at radius 1 is 1.00 bits per heavy atom. The quantitative estimate of drug-likeness (QED) is 0.692. The number of carbonyl (C=O) groups is 2. The third-order valence-electron chi connectivity index (χ3n) is 2.29. The highest BCUT2D eigenvalue weighted by Crippen LogP contribution is 2.22. The molecule has 0 aliphatic carbocycles. The van der Waals surface area contributed by atoms with E-state index in [0.717, 1.165) is 0 Å². The summed E-state index contributed by atoms with van der Waals surface area (Å²) in [5.41, 5.74) is -0.468. The molecule has 0 aromatic carbocycles. The number of likely N-dealkylation sites (tertiary alicyclic amines) is 1. The predicted molar refractivity (Wildman–Crippen MR) is 104 cm³/mol. The normalized spacial score (nSPS) is 12.3. The summed E-state index contributed by atoms with van der Waals surface area (Å²) in [6, 6.07) is 0. The van der Waals surface area contributed by atoms with Crippen molar-refractivity contribution in [2.45, 2.75) is 60.5 Å². The number of hydrogen-bond acceptors (Lipinski definition) is 5. The van der Waals surface area contributed by atoms with Gasteiger partial charge in [0.05, 0.1) is 13.5 Å². The molecule has 0 aromatic heterocycles. The maximum Gasteiger partial charge on any atom is 0.410 e. The van der Waals surface area contributed by atoms with E-state index < -0.39 is 5.60 Å². The van der Waals surface area contributed by atoms with Gasteiger partial charge in [0.2, 0.25) is 0 Å². The van der Waals surface area contributed by atoms with Gasteiger partial charge in [-0.15, -0.1) is 0 Å². The van der Waals surface area contributed by atoms with Gasteiger partial charge in [-0.1, -0.05) is 27.7 Å². The Balaban J connectivity index is -0.000000219. The van der Waals surface area contributed by atoms with Crippen molar-refractivity contribution in [2.24, 2.45) is 5.92 Å². The summed E-state index contributed by atoms with van der Waals surface area (Å²) in [7, 11) is 4.62. The van der Waals surface area contributed by atoms with Crippen molar-refractivity contribution in [3.05, 3.63) is 0 Å². The van der Waals surface area contributed by atoms with Gasteiger partial charge in [0.1, 0.15) is 5.60 Å². The van der Waals surface area contributed by atoms with Crippen LogP contribution in [0.5, 0.6) is 0 Å². The molecule has 7 heteroatoms. The fraction of sp³-hybridized carbons (Fsp3) is 0.882. The number of methoxy groups -OCH3 is 2. The van der Waals surface area contributed by atoms with Crippen LogP contribution >= 0.6 is 13.5 Å². The fourth-order valence-corrected chi connectivity index (χ4v) is 1.49. The van der Waals surface area contributed by atoms with Crippen molar-refractivity contribution >= 4 is 25.6 Å². The summed E-state index contributed by atoms with van der Waals surface area (Å²) in [6.07, 6.45) is 0.0594. The fourth-order valence-electron chi connectivity index (χ4n) is 1.49. The number of amides is 1. The van der Waals surface area contributed by atoms with Gasteiger partial charge >= 0.3 is 12.1 Å². The maximum atomic E-state index is 11.5. The predicted octanol–water partition coefficient (Wildman–Crippen LogP) is 3.84. The summed E-state index contributed by atoms with van der Waals surface area (Å²) < 4.78 is 14.0. The molecule has 1 aliphatic heterocycles. The molecule has 0 aromatic rings. The molecule has 1 amide bonds. The number of hydrogen-bond donors (Lipinski definition) is 0. The lowest BCUT2D eigenvalue weighted by Crippen LogP contribution is -2.52. The molecule has 1 heterocycles. The van der Waals surface area contributed by atoms with Crippen LogP contribution < -0.4 is 0 Å². The lowest BCUT2D eigenvalue weighted by Gasteiger charge is -2.39. The molecule has 0 N–H and O–H groups in total. The van der Waals surface area contributed by atoms with Crippen LogP contribution in [-0.2, 0) is 19.0 Å². The first-order valence-electron chi connectivity index (χ1n) is 8.18. The van der Waals surface area contributed by atoms with E-state index >= 15 is 0 Å². The van der Waals surface area contributed by atoms with E-state index in [1.165, 1.54) is 7.11 Å². The van der Waals surface area contributed by atoms with Gasteiger partial charge in [-0.3, -0.25) is 4.79 Å². The Morgan fingerprint density at radius 2 is 1.38 bits per heavy atom. The minimum absolute atomic E-state index is 0. The van der Waals surface area contributed by atoms with Gasteiger partial charge < -0.3 is 19.1 Å². The molecule has 148 valence electrons. The lowest BCUT2D eigenvalue weighted by atomic mass is 9.97. The molecule has 0 bridgehead atoms. The van der Waals surface area contributed by atoms with Crippen molar-refractivity contribution in [2.75, 3.05) is 34.4 Å². The van der Waals surface area contributed by atoms with Crippen LogP contribution in [0.15, 0.2) is 0 Å². The molecule has 0 unspecified atom stereocenters. The number of rotatable bonds is 2. The Labute approximate surface area is 155 Å². The van der Waals surface area contributed by atoms with Gasteiger partial charge in [-0.25, -0.2) is 4.79 Å². The minimum atomic E-state index is -0.468. The third kappa shape index (κ3) is 17.4. The van der Waals surface area contributed by atoms with E-state index in [1.54, 1.807) is 19.1 Å². The van der Waals surface area contributed by atoms with E-state index in [4.69, 9.17) is 4.74 Å². The van der Waals surface area contributed by atoms with Crippen LogP contribution in [0.25, 0.3) is 0 Å². The van der Waals surface area contributed by atoms with Gasteiger partial charge in [0.25, 0.3) is 0 Å². The van der Waals surface area contributed by atoms with E-state index in [0.29, 0.717) is 19.5 Å². The average molecular weight is 370 g/mol. The van der Waals surface area contributed by atoms with E-state index in [9.17, 15) is 9.59 Å². The highest BCUT2D eigenvalue weighted by atomic mass is 32.1. The molecule has 1 fully saturated rings. The van der Waals surface area contributed by atoms with Crippen LogP contribution in [0, 0.1) is 5.92 Å². The number of nitrogens with zero attached hydrogens (tertiary/aromatic N) is 1. The van der Waals surface area contributed by atoms with Gasteiger partial charge in [0, 0.05) is 33.2 Å². The monoisotopic (exact) mass is 369 g/mol. The summed E-state index contributed by atoms with van der Waals surface area (Å²) in [5, 5.41) is 0. The number of esters is 1. The molecule has 0 saturated carbocycles. The molecular formula is C17H39NO5S. The molecule has 0 atom stereocenters. The van der Waals surface area contributed by atoms with Gasteiger partial charge in [0.15, 0.2) is 0 Å². The Kier molecular flexibility index (Phi) is 23.7. The van der Waals surface area contributed by atoms with E-state index in [1.807, 2.05) is 48.5 Å². The lowest BCUT2D eigenvalue weighted by molar-refractivity contribution is -0.143. The maximum absolute atomic E-state index is 11.5. The van der Waals surface area contributed by atoms with Crippen molar-refractivity contribution in [3.8, 4) is 0 Å². The Bertz CT molecular complexity index is 300. The molecular weight excluding hydrogens is 330 g/mol. The average Bonchev–Trinajstić information content (AvgIpc) is 2.45. The summed E-state index contributed by atoms with van der Waals surface area (Å²) in [4.78, 5) is 24.1. The largest absolute Gasteiger partial charge is 0.469 e. The van der Waals surface area contributed by atoms with Crippen LogP contribution in [0.4, 0.5) is 4.79 Å². The van der Waals surface area contributed by atoms with Crippen LogP contribution in [-0.4, -0.2) is 57.0 Å². The molecule has 1 aliphatic rings. The molecule has 1 rings (SSSR count). The third-order valence-corrected chi connectivity index (χ3v) is 2.29. The zero-order valence-corrected chi connectivity index (χ0v) is 18.2. The van der Waals surface area contributed by atoms with Gasteiger partial charge in [-0.05, 0) is 20.8 Å². The first-order valence-corrected chi connectivity index (χ1v) is 8.18. The smallest absolute Gasteiger partial charge is 0.410 e. The Hall–Kier alpha value is -0.950. The highest BCUT2D eigenvalue weighted by Gasteiger charge is 2.34. The second kappa shape index (κ2) is 18.4. The van der Waals surface area contributed by atoms with Crippen molar-refractivity contribution in [1.82, 2.24) is 4.90 Å². The Morgan fingerprint density at radius 3 is 1.67 bits per heavy atom. The summed E-state index contributed by atoms with van der Waals surface area (Å²) in [5.74, 6) is -0.0196. The molecule has 1 saturated heterocycles. The molecule has 24 heavy (non-hydrogen) atoms. The van der Waals surface area contributed by atoms with Crippen LogP contribution in [0.2, 0.25) is 0 Å². The van der Waals surface area contributed by atoms with Crippen LogP contribution in [0.3, 0.4) is 0 Å². The first-order chi connectivity index (χ1) is 10.7. The zero-order valence-electron chi connectivity index (χ0n) is 17.2. The second-order valence-electron chi connectivity index (χ2n) is 5.44. The topological polar surface area (TPSA) is 65.1 Å². The standard InChI is InChI=1S/C11H19NO4.C2H6O.2C2H6.H2S/c1-11(2,3)16-10(14)12-6-8(7-12)5-9(13)15-4;1-3-2;2*1-2;/h8H,5-7H2,1-4H3;1-2H3;2*1-2H3;1H2. The minimum Gasteiger partial charge on any atom is -0.469 e.